The van der Waals surface area contributed by atoms with Gasteiger partial charge in [0.25, 0.3) is 0 Å². The number of amides is 10. The molecule has 9 atom stereocenters. The maximum absolute atomic E-state index is 14.9. The first-order chi connectivity index (χ1) is 45.3. The van der Waals surface area contributed by atoms with Gasteiger partial charge in [-0.15, -0.1) is 0 Å². The van der Waals surface area contributed by atoms with Gasteiger partial charge in [-0.2, -0.15) is 0 Å². The van der Waals surface area contributed by atoms with E-state index < -0.39 is 108 Å². The van der Waals surface area contributed by atoms with Crippen LogP contribution >= 0.6 is 11.6 Å². The molecule has 514 valence electrons. The first-order valence-corrected chi connectivity index (χ1v) is 32.4. The van der Waals surface area contributed by atoms with Crippen LogP contribution in [-0.4, -0.2) is 185 Å². The number of carbonyl (C=O) groups is 10. The van der Waals surface area contributed by atoms with Crippen molar-refractivity contribution in [3.8, 4) is 5.75 Å². The number of likely N-dealkylation sites (tertiary alicyclic amines) is 2. The van der Waals surface area contributed by atoms with E-state index in [4.69, 9.17) is 34.5 Å². The summed E-state index contributed by atoms with van der Waals surface area (Å²) in [7, 11) is 0. The lowest BCUT2D eigenvalue weighted by molar-refractivity contribution is -0.142. The van der Waals surface area contributed by atoms with E-state index in [9.17, 15) is 58.2 Å². The number of rotatable bonds is 34. The number of aliphatic hydroxyl groups excluding tert-OH is 1. The lowest BCUT2D eigenvalue weighted by atomic mass is 9.99. The van der Waals surface area contributed by atoms with Crippen LogP contribution < -0.4 is 65.5 Å². The van der Waals surface area contributed by atoms with E-state index in [1.807, 2.05) is 50.2 Å². The molecule has 10 amide bonds. The molecule has 0 radical (unpaired) electrons. The second-order valence-electron chi connectivity index (χ2n) is 24.2. The van der Waals surface area contributed by atoms with Crippen molar-refractivity contribution in [2.24, 2.45) is 38.8 Å². The first kappa shape index (κ1) is 74.5. The topological polar surface area (TPSA) is 443 Å². The number of phenolic OH excluding ortho intramolecular Hbond substituents is 1. The van der Waals surface area contributed by atoms with E-state index in [-0.39, 0.29) is 106 Å². The van der Waals surface area contributed by atoms with E-state index in [0.717, 1.165) is 10.8 Å². The Kier molecular flexibility index (Phi) is 28.8. The highest BCUT2D eigenvalue weighted by atomic mass is 35.5. The lowest BCUT2D eigenvalue weighted by Gasteiger charge is -2.30. The number of carbonyl (C=O) groups excluding carboxylic acids is 10. The number of nitrogens with zero attached hydrogens (tertiary/aromatic N) is 4. The molecule has 0 saturated carbocycles. The molecule has 29 heteroatoms. The van der Waals surface area contributed by atoms with Crippen LogP contribution in [0.4, 0.5) is 0 Å². The summed E-state index contributed by atoms with van der Waals surface area (Å²) >= 11 is 6.20. The molecule has 2 aliphatic rings. The molecular weight excluding hydrogens is 1240 g/mol. The van der Waals surface area contributed by atoms with E-state index >= 15 is 0 Å². The molecule has 95 heavy (non-hydrogen) atoms. The Balaban J connectivity index is 1.27. The minimum atomic E-state index is -1.79. The summed E-state index contributed by atoms with van der Waals surface area (Å²) in [6, 6.07) is 13.4. The quantitative estimate of drug-likeness (QED) is 0.0165. The zero-order chi connectivity index (χ0) is 69.3. The Morgan fingerprint density at radius 1 is 0.547 bits per heavy atom. The second kappa shape index (κ2) is 36.8. The van der Waals surface area contributed by atoms with Crippen LogP contribution in [0.25, 0.3) is 10.8 Å². The molecule has 2 aliphatic heterocycles. The van der Waals surface area contributed by atoms with Crippen molar-refractivity contribution in [1.82, 2.24) is 52.3 Å². The van der Waals surface area contributed by atoms with Crippen molar-refractivity contribution >= 4 is 93.4 Å². The van der Waals surface area contributed by atoms with Crippen LogP contribution in [0, 0.1) is 5.92 Å². The standard InChI is InChI=1S/C66H91ClN16O12/c1-5-72-62(93)54-16-11-31-83(54)64(95)48(15-9-29-74-66(70)71)76-57(88)49(32-38(2)3)77-56(87)47(14-8-28-73-65(68)69)75-58(89)50(35-41-21-26-46(86)27-22-41)79-61(92)53(37-84)81-60(91)52(36-42-18-23-43-12-6-7-13-44(43)33-42)78-59(90)51(34-40-19-24-45(67)25-20-40)80-63(94)55-17-10-30-82(55)39(4)85/h6-7,12-13,18-27,33,38,47-55,84,86H,5,8-11,14-17,28-32,34-37H2,1-4H3,(H,72,93)(H,75,89)(H,76,88)(H,77,87)(H,78,90)(H,79,92)(H,80,94)(H,81,91)(H4,68,69,73)(H4,70,71,74)/t47-,48+,49+,50+,51-,52-,53+,54+,55+/m1/s1. The molecule has 28 nitrogen and oxygen atoms in total. The highest BCUT2D eigenvalue weighted by molar-refractivity contribution is 6.30. The zero-order valence-electron chi connectivity index (χ0n) is 54.1. The Morgan fingerprint density at radius 3 is 1.54 bits per heavy atom. The summed E-state index contributed by atoms with van der Waals surface area (Å²) in [5.41, 5.74) is 23.9. The number of nitrogens with two attached hydrogens (primary N) is 4. The fourth-order valence-corrected chi connectivity index (χ4v) is 11.6. The zero-order valence-corrected chi connectivity index (χ0v) is 54.9. The molecule has 2 saturated heterocycles. The van der Waals surface area contributed by atoms with E-state index in [1.165, 1.54) is 41.0 Å². The maximum Gasteiger partial charge on any atom is 0.245 e. The van der Waals surface area contributed by atoms with Gasteiger partial charge in [-0.1, -0.05) is 92.2 Å². The Labute approximate surface area is 557 Å². The van der Waals surface area contributed by atoms with Crippen LogP contribution in [0.15, 0.2) is 101 Å². The van der Waals surface area contributed by atoms with Gasteiger partial charge in [-0.25, -0.2) is 0 Å². The minimum Gasteiger partial charge on any atom is -0.508 e. The van der Waals surface area contributed by atoms with Crippen LogP contribution in [-0.2, 0) is 67.2 Å². The van der Waals surface area contributed by atoms with Crippen molar-refractivity contribution in [3.05, 3.63) is 113 Å². The van der Waals surface area contributed by atoms with Gasteiger partial charge in [0.1, 0.15) is 60.1 Å². The monoisotopic (exact) mass is 1330 g/mol. The number of likely N-dealkylation sites (N-methyl/N-ethyl adjacent to an activating group) is 1. The SMILES string of the molecule is CCNC(=O)[C@@H]1CCCN1C(=O)[C@H](CCCN=C(N)N)NC(=O)[C@H](CC(C)C)NC(=O)[C@@H](CCCN=C(N)N)NC(=O)[C@H](Cc1ccc(O)cc1)NC(=O)[C@H](CO)NC(=O)[C@@H](Cc1ccc2ccccc2c1)NC(=O)[C@@H](Cc1ccc(Cl)cc1)NC(=O)[C@@H]1CCCN1C(C)=O. The molecular formula is C66H91ClN16O12. The van der Waals surface area contributed by atoms with Crippen molar-refractivity contribution in [3.63, 3.8) is 0 Å². The van der Waals surface area contributed by atoms with Crippen LogP contribution in [0.1, 0.15) is 102 Å². The van der Waals surface area contributed by atoms with Gasteiger partial charge >= 0.3 is 0 Å². The summed E-state index contributed by atoms with van der Waals surface area (Å²) in [4.78, 5) is 153. The highest BCUT2D eigenvalue weighted by Gasteiger charge is 2.40. The summed E-state index contributed by atoms with van der Waals surface area (Å²) < 4.78 is 0. The number of aliphatic imine (C=N–C) groups is 2. The average molecular weight is 1340 g/mol. The van der Waals surface area contributed by atoms with E-state index in [2.05, 4.69) is 52.5 Å². The van der Waals surface area contributed by atoms with Crippen LogP contribution in [0.5, 0.6) is 5.75 Å². The number of hydrogen-bond acceptors (Lipinski definition) is 14. The summed E-state index contributed by atoms with van der Waals surface area (Å²) in [5, 5.41) is 45.0. The molecule has 6 rings (SSSR count). The minimum absolute atomic E-state index is 0.00113. The average Bonchev–Trinajstić information content (AvgIpc) is 1.86. The summed E-state index contributed by atoms with van der Waals surface area (Å²) in [5.74, 6) is -7.87. The highest BCUT2D eigenvalue weighted by Crippen LogP contribution is 2.23. The van der Waals surface area contributed by atoms with Crippen LogP contribution in [0.2, 0.25) is 5.02 Å². The van der Waals surface area contributed by atoms with Crippen LogP contribution in [0.3, 0.4) is 0 Å². The van der Waals surface area contributed by atoms with Gasteiger partial charge in [0.05, 0.1) is 6.61 Å². The summed E-state index contributed by atoms with van der Waals surface area (Å²) in [6.07, 6.45) is 1.67. The molecule has 0 bridgehead atoms. The van der Waals surface area contributed by atoms with Gasteiger partial charge in [-0.05, 0) is 122 Å². The van der Waals surface area contributed by atoms with Gasteiger partial charge in [0.15, 0.2) is 11.9 Å². The van der Waals surface area contributed by atoms with Crippen molar-refractivity contribution in [1.29, 1.82) is 0 Å². The number of benzene rings is 4. The number of guanidine groups is 2. The molecule has 2 fully saturated rings. The normalized spacial score (nSPS) is 16.5. The largest absolute Gasteiger partial charge is 0.508 e. The third kappa shape index (κ3) is 23.1. The third-order valence-corrected chi connectivity index (χ3v) is 16.6. The fraction of sp³-hybridized carbons (Fsp3) is 0.485. The maximum atomic E-state index is 14.9. The second-order valence-corrected chi connectivity index (χ2v) is 24.6. The van der Waals surface area contributed by atoms with Gasteiger partial charge < -0.3 is 85.5 Å². The fourth-order valence-electron chi connectivity index (χ4n) is 11.5. The molecule has 0 aromatic heterocycles. The number of aromatic hydroxyl groups is 1. The predicted octanol–water partition coefficient (Wildman–Crippen LogP) is -0.0961. The lowest BCUT2D eigenvalue weighted by Crippen LogP contribution is -2.61. The molecule has 0 spiro atoms. The molecule has 4 aromatic rings. The van der Waals surface area contributed by atoms with Gasteiger partial charge in [-0.3, -0.25) is 57.9 Å². The van der Waals surface area contributed by atoms with Gasteiger partial charge in [0, 0.05) is 63.9 Å². The van der Waals surface area contributed by atoms with Crippen molar-refractivity contribution in [2.45, 2.75) is 159 Å². The molecule has 2 heterocycles. The number of phenols is 1. The number of hydrogen-bond donors (Lipinski definition) is 14. The number of nitrogens with one attached hydrogen (secondary N) is 8. The molecule has 4 aromatic carbocycles. The summed E-state index contributed by atoms with van der Waals surface area (Å²) in [6.45, 7) is 6.76. The number of halogens is 1. The first-order valence-electron chi connectivity index (χ1n) is 32.0. The molecule has 0 aliphatic carbocycles. The number of fused-ring (bicyclic) bond motifs is 1. The van der Waals surface area contributed by atoms with E-state index in [0.29, 0.717) is 60.5 Å². The molecule has 18 N–H and O–H groups in total. The van der Waals surface area contributed by atoms with Crippen molar-refractivity contribution < 1.29 is 58.2 Å². The molecule has 0 unspecified atom stereocenters. The Morgan fingerprint density at radius 2 is 0.989 bits per heavy atom. The Hall–Kier alpha value is -9.57. The number of aliphatic hydroxyl groups is 1. The van der Waals surface area contributed by atoms with Gasteiger partial charge in [0.2, 0.25) is 59.1 Å². The Bertz CT molecular complexity index is 3380. The van der Waals surface area contributed by atoms with E-state index in [1.54, 1.807) is 37.3 Å². The van der Waals surface area contributed by atoms with Crippen molar-refractivity contribution in [2.75, 3.05) is 39.3 Å². The smallest absolute Gasteiger partial charge is 0.245 e. The predicted molar refractivity (Wildman–Crippen MR) is 358 cm³/mol. The third-order valence-electron chi connectivity index (χ3n) is 16.3.